The number of aliphatic hydroxyl groups excluding tert-OH is 1. The van der Waals surface area contributed by atoms with Crippen molar-refractivity contribution in [3.05, 3.63) is 30.5 Å². The smallest absolute Gasteiger partial charge is 0.103 e. The van der Waals surface area contributed by atoms with Gasteiger partial charge in [0.05, 0.1) is 6.10 Å². The first-order valence-corrected chi connectivity index (χ1v) is 6.34. The Hall–Kier alpha value is -0.970. The zero-order valence-corrected chi connectivity index (χ0v) is 11.0. The Balaban J connectivity index is 2.08. The topological polar surface area (TPSA) is 45.2 Å². The van der Waals surface area contributed by atoms with Crippen LogP contribution in [0, 0.1) is 0 Å². The Morgan fingerprint density at radius 1 is 1.35 bits per heavy atom. The highest BCUT2D eigenvalue weighted by Crippen LogP contribution is 2.29. The number of H-pyrrole nitrogens is 1. The number of aromatic nitrogens is 1. The van der Waals surface area contributed by atoms with Crippen LogP contribution in [0.25, 0.3) is 10.9 Å². The van der Waals surface area contributed by atoms with E-state index in [9.17, 15) is 5.11 Å². The Labute approximate surface area is 105 Å². The maximum atomic E-state index is 9.55. The van der Waals surface area contributed by atoms with Gasteiger partial charge in [-0.3, -0.25) is 0 Å². The molecular weight excluding hydrogens is 234 g/mol. The van der Waals surface area contributed by atoms with E-state index in [0.29, 0.717) is 0 Å². The first-order chi connectivity index (χ1) is 7.99. The molecule has 0 bridgehead atoms. The summed E-state index contributed by atoms with van der Waals surface area (Å²) >= 11 is 1.30. The molecule has 1 heterocycles. The van der Waals surface area contributed by atoms with Gasteiger partial charge in [-0.1, -0.05) is 0 Å². The fourth-order valence-electron chi connectivity index (χ4n) is 1.31. The molecule has 0 aliphatic rings. The second-order valence-corrected chi connectivity index (χ2v) is 5.48. The summed E-state index contributed by atoms with van der Waals surface area (Å²) in [5.74, 6) is 0. The summed E-state index contributed by atoms with van der Waals surface area (Å²) in [4.78, 5) is 4.18. The molecular formula is C13H17NO2S. The Bertz CT molecular complexity index is 505. The van der Waals surface area contributed by atoms with Crippen LogP contribution < -0.4 is 0 Å². The van der Waals surface area contributed by atoms with E-state index in [-0.39, 0.29) is 0 Å². The third-order valence-electron chi connectivity index (χ3n) is 2.88. The summed E-state index contributed by atoms with van der Waals surface area (Å²) in [6, 6.07) is 8.12. The Morgan fingerprint density at radius 2 is 2.12 bits per heavy atom. The second kappa shape index (κ2) is 4.72. The van der Waals surface area contributed by atoms with Gasteiger partial charge in [0.15, 0.2) is 0 Å². The Kier molecular flexibility index (Phi) is 3.47. The highest BCUT2D eigenvalue weighted by Gasteiger charge is 2.25. The number of hydrogen-bond acceptors (Lipinski definition) is 3. The van der Waals surface area contributed by atoms with Crippen molar-refractivity contribution in [1.82, 2.24) is 4.98 Å². The van der Waals surface area contributed by atoms with E-state index >= 15 is 0 Å². The number of hydrogen-bond donors (Lipinski definition) is 2. The molecule has 1 aromatic carbocycles. The lowest BCUT2D eigenvalue weighted by Gasteiger charge is -2.26. The van der Waals surface area contributed by atoms with Crippen molar-refractivity contribution in [3.8, 4) is 0 Å². The molecule has 1 atom stereocenters. The van der Waals surface area contributed by atoms with Gasteiger partial charge >= 0.3 is 0 Å². The minimum Gasteiger partial charge on any atom is -0.390 e. The first kappa shape index (κ1) is 12.5. The van der Waals surface area contributed by atoms with E-state index in [1.54, 1.807) is 6.92 Å². The lowest BCUT2D eigenvalue weighted by atomic mass is 10.0. The van der Waals surface area contributed by atoms with Crippen LogP contribution in [0.2, 0.25) is 0 Å². The highest BCUT2D eigenvalue weighted by molar-refractivity contribution is 7.94. The van der Waals surface area contributed by atoms with Gasteiger partial charge in [0.2, 0.25) is 0 Å². The van der Waals surface area contributed by atoms with Gasteiger partial charge in [0.25, 0.3) is 0 Å². The first-order valence-electron chi connectivity index (χ1n) is 5.60. The number of aromatic amines is 1. The van der Waals surface area contributed by atoms with Crippen LogP contribution >= 0.6 is 12.0 Å². The summed E-state index contributed by atoms with van der Waals surface area (Å²) in [5.41, 5.74) is 0.557. The fraction of sp³-hybridized carbons (Fsp3) is 0.385. The normalized spacial score (nSPS) is 14.1. The van der Waals surface area contributed by atoms with Crippen LogP contribution in [0.1, 0.15) is 20.8 Å². The molecule has 0 aliphatic heterocycles. The maximum Gasteiger partial charge on any atom is 0.103 e. The van der Waals surface area contributed by atoms with Gasteiger partial charge in [0.1, 0.15) is 5.60 Å². The summed E-state index contributed by atoms with van der Waals surface area (Å²) in [5, 5.41) is 10.7. The molecule has 0 amide bonds. The molecule has 2 rings (SSSR count). The van der Waals surface area contributed by atoms with Crippen molar-refractivity contribution >= 4 is 22.9 Å². The standard InChI is InChI=1S/C13H17NO2S/c1-9(15)13(2,3)16-17-11-4-5-12-10(8-11)6-7-14-12/h4-9,14-15H,1-3H3. The van der Waals surface area contributed by atoms with Crippen LogP contribution in [0.3, 0.4) is 0 Å². The highest BCUT2D eigenvalue weighted by atomic mass is 32.2. The van der Waals surface area contributed by atoms with Gasteiger partial charge in [-0.15, -0.1) is 0 Å². The van der Waals surface area contributed by atoms with E-state index in [4.69, 9.17) is 4.18 Å². The third-order valence-corrected chi connectivity index (χ3v) is 3.84. The number of fused-ring (bicyclic) bond motifs is 1. The summed E-state index contributed by atoms with van der Waals surface area (Å²) in [7, 11) is 0. The van der Waals surface area contributed by atoms with Crippen LogP contribution in [0.15, 0.2) is 35.4 Å². The minimum absolute atomic E-state index is 0.508. The number of aliphatic hydroxyl groups is 1. The molecule has 0 spiro atoms. The number of nitrogens with one attached hydrogen (secondary N) is 1. The van der Waals surface area contributed by atoms with Gasteiger partial charge < -0.3 is 14.3 Å². The van der Waals surface area contributed by atoms with E-state index in [2.05, 4.69) is 11.1 Å². The molecule has 0 radical (unpaired) electrons. The molecule has 2 N–H and O–H groups in total. The van der Waals surface area contributed by atoms with Crippen molar-refractivity contribution in [2.45, 2.75) is 37.4 Å². The zero-order chi connectivity index (χ0) is 12.5. The van der Waals surface area contributed by atoms with Crippen molar-refractivity contribution in [2.24, 2.45) is 0 Å². The molecule has 0 saturated carbocycles. The van der Waals surface area contributed by atoms with Gasteiger partial charge in [-0.2, -0.15) is 0 Å². The molecule has 1 aromatic heterocycles. The van der Waals surface area contributed by atoms with Gasteiger partial charge in [-0.05, 0) is 45.0 Å². The average Bonchev–Trinajstić information content (AvgIpc) is 2.73. The van der Waals surface area contributed by atoms with Crippen molar-refractivity contribution in [3.63, 3.8) is 0 Å². The lowest BCUT2D eigenvalue weighted by molar-refractivity contribution is -0.00376. The van der Waals surface area contributed by atoms with Crippen molar-refractivity contribution in [1.29, 1.82) is 0 Å². The van der Waals surface area contributed by atoms with Gasteiger partial charge in [-0.25, -0.2) is 0 Å². The Morgan fingerprint density at radius 3 is 2.82 bits per heavy atom. The molecule has 0 aliphatic carbocycles. The number of benzene rings is 1. The fourth-order valence-corrected chi connectivity index (χ4v) is 2.06. The van der Waals surface area contributed by atoms with Crippen LogP contribution in [-0.4, -0.2) is 21.8 Å². The van der Waals surface area contributed by atoms with E-state index in [1.165, 1.54) is 12.0 Å². The minimum atomic E-state index is -0.558. The van der Waals surface area contributed by atoms with E-state index in [0.717, 1.165) is 15.8 Å². The summed E-state index contributed by atoms with van der Waals surface area (Å²) < 4.78 is 5.66. The lowest BCUT2D eigenvalue weighted by Crippen LogP contribution is -2.34. The maximum absolute atomic E-state index is 9.55. The molecule has 0 saturated heterocycles. The molecule has 0 fully saturated rings. The average molecular weight is 251 g/mol. The summed E-state index contributed by atoms with van der Waals surface area (Å²) in [6.07, 6.45) is 1.41. The predicted octanol–water partition coefficient (Wildman–Crippen LogP) is 3.35. The second-order valence-electron chi connectivity index (χ2n) is 4.67. The molecule has 1 unspecified atom stereocenters. The zero-order valence-electron chi connectivity index (χ0n) is 10.2. The molecule has 92 valence electrons. The predicted molar refractivity (Wildman–Crippen MR) is 71.0 cm³/mol. The molecule has 17 heavy (non-hydrogen) atoms. The number of rotatable bonds is 4. The van der Waals surface area contributed by atoms with Gasteiger partial charge in [0, 0.05) is 34.0 Å². The van der Waals surface area contributed by atoms with E-state index < -0.39 is 11.7 Å². The summed E-state index contributed by atoms with van der Waals surface area (Å²) in [6.45, 7) is 5.48. The largest absolute Gasteiger partial charge is 0.390 e. The van der Waals surface area contributed by atoms with Crippen LogP contribution in [-0.2, 0) is 4.18 Å². The van der Waals surface area contributed by atoms with E-state index in [1.807, 2.05) is 38.2 Å². The van der Waals surface area contributed by atoms with Crippen molar-refractivity contribution in [2.75, 3.05) is 0 Å². The van der Waals surface area contributed by atoms with Crippen LogP contribution in [0.4, 0.5) is 0 Å². The monoisotopic (exact) mass is 251 g/mol. The third kappa shape index (κ3) is 2.83. The molecule has 3 nitrogen and oxygen atoms in total. The SMILES string of the molecule is CC(O)C(C)(C)OSc1ccc2[nH]ccc2c1. The molecule has 4 heteroatoms. The van der Waals surface area contributed by atoms with Crippen LogP contribution in [0.5, 0.6) is 0 Å². The van der Waals surface area contributed by atoms with Crippen molar-refractivity contribution < 1.29 is 9.29 Å². The molecule has 2 aromatic rings. The quantitative estimate of drug-likeness (QED) is 0.819.